The van der Waals surface area contributed by atoms with Gasteiger partial charge in [0.25, 0.3) is 0 Å². The maximum Gasteiger partial charge on any atom is 0.246 e. The number of rotatable bonds is 6. The fourth-order valence-electron chi connectivity index (χ4n) is 1.35. The van der Waals surface area contributed by atoms with Gasteiger partial charge in [0, 0.05) is 19.2 Å². The van der Waals surface area contributed by atoms with E-state index in [1.165, 1.54) is 17.2 Å². The fourth-order valence-corrected chi connectivity index (χ4v) is 1.35. The van der Waals surface area contributed by atoms with E-state index in [2.05, 4.69) is 0 Å². The molecule has 5 nitrogen and oxygen atoms in total. The van der Waals surface area contributed by atoms with E-state index in [1.807, 2.05) is 12.1 Å². The maximum atomic E-state index is 11.8. The van der Waals surface area contributed by atoms with Gasteiger partial charge in [-0.25, -0.2) is 0 Å². The Kier molecular flexibility index (Phi) is 5.79. The van der Waals surface area contributed by atoms with Crippen LogP contribution in [0.25, 0.3) is 6.08 Å². The van der Waals surface area contributed by atoms with Gasteiger partial charge in [-0.05, 0) is 18.2 Å². The predicted octanol–water partition coefficient (Wildman–Crippen LogP) is 1.95. The Morgan fingerprint density at radius 2 is 2.00 bits per heavy atom. The lowest BCUT2D eigenvalue weighted by atomic mass is 10.3. The van der Waals surface area contributed by atoms with E-state index in [4.69, 9.17) is 14.9 Å². The van der Waals surface area contributed by atoms with Gasteiger partial charge in [-0.3, -0.25) is 4.79 Å². The van der Waals surface area contributed by atoms with Crippen LogP contribution >= 0.6 is 0 Å². The number of carbonyl (C=O) groups excluding carboxylic acids is 1. The molecule has 0 atom stereocenters. The summed E-state index contributed by atoms with van der Waals surface area (Å²) in [6, 6.07) is 7.42. The topological polar surface area (TPSA) is 81.0 Å². The molecule has 18 heavy (non-hydrogen) atoms. The molecule has 1 rings (SSSR count). The minimum atomic E-state index is -0.225. The monoisotopic (exact) mass is 243 g/mol. The van der Waals surface area contributed by atoms with Crippen LogP contribution in [-0.4, -0.2) is 23.9 Å². The molecule has 0 saturated heterocycles. The lowest BCUT2D eigenvalue weighted by Crippen LogP contribution is -2.31. The molecule has 1 amide bonds. The average Bonchev–Trinajstić information content (AvgIpc) is 2.89. The van der Waals surface area contributed by atoms with E-state index in [1.54, 1.807) is 18.2 Å². The van der Waals surface area contributed by atoms with Gasteiger partial charge in [-0.15, -0.1) is 0 Å². The summed E-state index contributed by atoms with van der Waals surface area (Å²) in [4.78, 5) is 13.3. The second kappa shape index (κ2) is 7.70. The van der Waals surface area contributed by atoms with Crippen LogP contribution in [0.1, 0.15) is 18.6 Å². The third-order valence-corrected chi connectivity index (χ3v) is 2.23. The van der Waals surface area contributed by atoms with Crippen LogP contribution in [0, 0.1) is 22.7 Å². The minimum Gasteiger partial charge on any atom is -0.465 e. The van der Waals surface area contributed by atoms with Crippen LogP contribution in [0.15, 0.2) is 28.9 Å². The van der Waals surface area contributed by atoms with Gasteiger partial charge >= 0.3 is 0 Å². The van der Waals surface area contributed by atoms with Gasteiger partial charge in [-0.1, -0.05) is 0 Å². The summed E-state index contributed by atoms with van der Waals surface area (Å²) in [5.74, 6) is 0.362. The van der Waals surface area contributed by atoms with Crippen molar-refractivity contribution < 1.29 is 9.21 Å². The average molecular weight is 243 g/mol. The summed E-state index contributed by atoms with van der Waals surface area (Å²) in [6.45, 7) is 0.666. The molecular weight excluding hydrogens is 230 g/mol. The molecule has 0 aromatic carbocycles. The molecule has 1 aromatic heterocycles. The number of carbonyl (C=O) groups is 1. The molecule has 0 bridgehead atoms. The van der Waals surface area contributed by atoms with Crippen molar-refractivity contribution in [1.82, 2.24) is 4.90 Å². The van der Waals surface area contributed by atoms with Crippen molar-refractivity contribution in [3.8, 4) is 12.1 Å². The van der Waals surface area contributed by atoms with Gasteiger partial charge in [-0.2, -0.15) is 10.5 Å². The first-order valence-electron chi connectivity index (χ1n) is 5.52. The minimum absolute atomic E-state index is 0.225. The van der Waals surface area contributed by atoms with Gasteiger partial charge in [0.15, 0.2) is 0 Å². The Hall–Kier alpha value is -2.53. The SMILES string of the molecule is N#CCCN(CCC#N)C(=O)/C=C/c1ccco1. The van der Waals surface area contributed by atoms with Crippen LogP contribution in [0.4, 0.5) is 0 Å². The zero-order chi connectivity index (χ0) is 13.2. The highest BCUT2D eigenvalue weighted by atomic mass is 16.3. The molecule has 0 saturated carbocycles. The summed E-state index contributed by atoms with van der Waals surface area (Å²) in [6.07, 6.45) is 4.98. The highest BCUT2D eigenvalue weighted by Gasteiger charge is 2.09. The van der Waals surface area contributed by atoms with Crippen molar-refractivity contribution in [1.29, 1.82) is 10.5 Å². The first-order chi connectivity index (χ1) is 8.77. The zero-order valence-electron chi connectivity index (χ0n) is 9.87. The molecule has 0 aliphatic rings. The second-order valence-electron chi connectivity index (χ2n) is 3.49. The Labute approximate surface area is 106 Å². The van der Waals surface area contributed by atoms with Gasteiger partial charge in [0.05, 0.1) is 31.2 Å². The molecule has 1 aromatic rings. The first kappa shape index (κ1) is 13.5. The summed E-state index contributed by atoms with van der Waals surface area (Å²) < 4.78 is 5.06. The van der Waals surface area contributed by atoms with Gasteiger partial charge in [0.2, 0.25) is 5.91 Å². The second-order valence-corrected chi connectivity index (χ2v) is 3.49. The Morgan fingerprint density at radius 3 is 2.50 bits per heavy atom. The van der Waals surface area contributed by atoms with Crippen molar-refractivity contribution in [2.75, 3.05) is 13.1 Å². The van der Waals surface area contributed by atoms with Gasteiger partial charge in [0.1, 0.15) is 5.76 Å². The number of nitrogens with zero attached hydrogens (tertiary/aromatic N) is 3. The largest absolute Gasteiger partial charge is 0.465 e. The Morgan fingerprint density at radius 1 is 1.33 bits per heavy atom. The van der Waals surface area contributed by atoms with E-state index in [9.17, 15) is 4.79 Å². The number of nitriles is 2. The maximum absolute atomic E-state index is 11.8. The quantitative estimate of drug-likeness (QED) is 0.715. The molecule has 0 unspecified atom stereocenters. The van der Waals surface area contributed by atoms with Crippen LogP contribution in [0.3, 0.4) is 0 Å². The molecule has 0 aliphatic carbocycles. The molecular formula is C13H13N3O2. The number of hydrogen-bond acceptors (Lipinski definition) is 4. The molecule has 1 heterocycles. The van der Waals surface area contributed by atoms with Gasteiger partial charge < -0.3 is 9.32 Å². The fraction of sp³-hybridized carbons (Fsp3) is 0.308. The molecule has 0 fully saturated rings. The number of furan rings is 1. The van der Waals surface area contributed by atoms with E-state index in [0.717, 1.165) is 0 Å². The molecule has 0 spiro atoms. The normalized spacial score (nSPS) is 9.89. The predicted molar refractivity (Wildman–Crippen MR) is 64.8 cm³/mol. The lowest BCUT2D eigenvalue weighted by Gasteiger charge is -2.17. The van der Waals surface area contributed by atoms with Crippen molar-refractivity contribution in [3.05, 3.63) is 30.2 Å². The lowest BCUT2D eigenvalue weighted by molar-refractivity contribution is -0.125. The summed E-state index contributed by atoms with van der Waals surface area (Å²) >= 11 is 0. The number of amides is 1. The molecule has 92 valence electrons. The molecule has 0 aliphatic heterocycles. The summed E-state index contributed by atoms with van der Waals surface area (Å²) in [5, 5.41) is 17.0. The third kappa shape index (κ3) is 4.54. The molecule has 0 N–H and O–H groups in total. The van der Waals surface area contributed by atoms with Crippen LogP contribution in [0.2, 0.25) is 0 Å². The Bertz CT molecular complexity index is 459. The summed E-state index contributed by atoms with van der Waals surface area (Å²) in [7, 11) is 0. The highest BCUT2D eigenvalue weighted by molar-refractivity contribution is 5.91. The van der Waals surface area contributed by atoms with Crippen molar-refractivity contribution >= 4 is 12.0 Å². The van der Waals surface area contributed by atoms with Crippen LogP contribution in [-0.2, 0) is 4.79 Å². The molecule has 5 heteroatoms. The van der Waals surface area contributed by atoms with Crippen molar-refractivity contribution in [2.45, 2.75) is 12.8 Å². The van der Waals surface area contributed by atoms with Crippen LogP contribution in [0.5, 0.6) is 0 Å². The Balaban J connectivity index is 2.58. The smallest absolute Gasteiger partial charge is 0.246 e. The number of hydrogen-bond donors (Lipinski definition) is 0. The van der Waals surface area contributed by atoms with E-state index in [-0.39, 0.29) is 18.7 Å². The zero-order valence-corrected chi connectivity index (χ0v) is 9.87. The van der Waals surface area contributed by atoms with E-state index >= 15 is 0 Å². The third-order valence-electron chi connectivity index (χ3n) is 2.23. The van der Waals surface area contributed by atoms with E-state index in [0.29, 0.717) is 18.8 Å². The first-order valence-corrected chi connectivity index (χ1v) is 5.52. The molecule has 0 radical (unpaired) electrons. The standard InChI is InChI=1S/C13H13N3O2/c14-7-2-9-16(10-3-8-15)13(17)6-5-12-4-1-11-18-12/h1,4-6,11H,2-3,9-10H2/b6-5+. The summed E-state index contributed by atoms with van der Waals surface area (Å²) in [5.41, 5.74) is 0. The van der Waals surface area contributed by atoms with Crippen molar-refractivity contribution in [2.24, 2.45) is 0 Å². The highest BCUT2D eigenvalue weighted by Crippen LogP contribution is 2.04. The van der Waals surface area contributed by atoms with Crippen LogP contribution < -0.4 is 0 Å². The van der Waals surface area contributed by atoms with E-state index < -0.39 is 0 Å². The van der Waals surface area contributed by atoms with Crippen molar-refractivity contribution in [3.63, 3.8) is 0 Å².